The highest BCUT2D eigenvalue weighted by Gasteiger charge is 2.64. The number of carbonyl (C=O) groups is 6. The van der Waals surface area contributed by atoms with Gasteiger partial charge in [-0.05, 0) is 125 Å². The van der Waals surface area contributed by atoms with Crippen LogP contribution in [0.5, 0.6) is 0 Å². The van der Waals surface area contributed by atoms with Gasteiger partial charge >= 0.3 is 23.9 Å². The predicted molar refractivity (Wildman–Crippen MR) is 302 cm³/mol. The number of ether oxygens (including phenoxy) is 4. The van der Waals surface area contributed by atoms with Crippen LogP contribution in [0.1, 0.15) is 253 Å². The minimum atomic E-state index is -0.993. The van der Waals surface area contributed by atoms with Gasteiger partial charge in [0.05, 0.1) is 18.9 Å². The predicted octanol–water partition coefficient (Wildman–Crippen LogP) is 15.1. The molecule has 76 heavy (non-hydrogen) atoms. The zero-order valence-electron chi connectivity index (χ0n) is 48.3. The van der Waals surface area contributed by atoms with E-state index in [9.17, 15) is 33.9 Å². The van der Waals surface area contributed by atoms with Gasteiger partial charge in [-0.25, -0.2) is 0 Å². The molecule has 0 radical (unpaired) electrons. The minimum Gasteiger partial charge on any atom is -0.462 e. The molecule has 0 bridgehead atoms. The standard InChI is InChI=1S/C65H104O11/c1-6-8-10-12-14-16-18-20-22-24-26-28-30-32-34-36-58(69)73-47-53(76-61(72)37-35-33-31-29-27-25-23-21-19-17-15-13-11-9-7-2)48-74-59(70)40-41-60(71)75-49-57(68)62-50(3)44-55-54-39-38-51-45-52(66)42-43-64(51,4)63(54)56(67)46-65(55,62)5/h20-23,42-43,45,50,53-56,62-63,67H,6-19,24-41,44,46-49H2,1-5H3/b22-20-,23-21-/t50-,53?,54?,55?,56?,62?,63?,64?,65?/m1/s1. The van der Waals surface area contributed by atoms with Gasteiger partial charge in [0.2, 0.25) is 0 Å². The Kier molecular flexibility index (Phi) is 30.9. The summed E-state index contributed by atoms with van der Waals surface area (Å²) >= 11 is 0. The van der Waals surface area contributed by atoms with E-state index in [-0.39, 0.29) is 74.1 Å². The molecule has 0 aromatic carbocycles. The van der Waals surface area contributed by atoms with Crippen molar-refractivity contribution in [2.45, 2.75) is 265 Å². The number of aliphatic hydroxyl groups excluding tert-OH is 1. The molecule has 4 aliphatic carbocycles. The van der Waals surface area contributed by atoms with Crippen LogP contribution in [-0.2, 0) is 47.7 Å². The molecule has 1 N–H and O–H groups in total. The first-order valence-corrected chi connectivity index (χ1v) is 30.8. The second-order valence-corrected chi connectivity index (χ2v) is 23.8. The van der Waals surface area contributed by atoms with Crippen molar-refractivity contribution in [3.63, 3.8) is 0 Å². The molecule has 4 rings (SSSR count). The number of hydrogen-bond acceptors (Lipinski definition) is 11. The molecule has 430 valence electrons. The number of carbonyl (C=O) groups excluding carboxylic acids is 6. The molecule has 3 saturated carbocycles. The maximum Gasteiger partial charge on any atom is 0.306 e. The molecule has 0 aromatic heterocycles. The van der Waals surface area contributed by atoms with E-state index in [0.717, 1.165) is 102 Å². The summed E-state index contributed by atoms with van der Waals surface area (Å²) in [6, 6.07) is 0. The van der Waals surface area contributed by atoms with Crippen LogP contribution in [0.15, 0.2) is 48.1 Å². The number of unbranched alkanes of at least 4 members (excludes halogenated alkanes) is 22. The molecule has 9 atom stereocenters. The summed E-state index contributed by atoms with van der Waals surface area (Å²) in [7, 11) is 0. The van der Waals surface area contributed by atoms with Crippen LogP contribution in [0.25, 0.3) is 0 Å². The monoisotopic (exact) mass is 1060 g/mol. The minimum absolute atomic E-state index is 0.00719. The second-order valence-electron chi connectivity index (χ2n) is 23.8. The van der Waals surface area contributed by atoms with Crippen LogP contribution < -0.4 is 0 Å². The Labute approximate surface area is 460 Å². The zero-order chi connectivity index (χ0) is 55.0. The van der Waals surface area contributed by atoms with E-state index in [4.69, 9.17) is 18.9 Å². The highest BCUT2D eigenvalue weighted by Crippen LogP contribution is 2.67. The summed E-state index contributed by atoms with van der Waals surface area (Å²) in [6.07, 6.45) is 45.7. The van der Waals surface area contributed by atoms with Crippen molar-refractivity contribution in [2.24, 2.45) is 40.4 Å². The molecular weight excluding hydrogens is 957 g/mol. The number of allylic oxidation sites excluding steroid dienone is 8. The Balaban J connectivity index is 1.16. The number of esters is 4. The topological polar surface area (TPSA) is 160 Å². The van der Waals surface area contributed by atoms with Gasteiger partial charge in [0.1, 0.15) is 19.8 Å². The van der Waals surface area contributed by atoms with E-state index in [1.165, 1.54) is 77.0 Å². The molecule has 0 aliphatic heterocycles. The Morgan fingerprint density at radius 1 is 0.632 bits per heavy atom. The molecule has 4 aliphatic rings. The third-order valence-electron chi connectivity index (χ3n) is 17.5. The number of ketones is 2. The molecule has 3 fully saturated rings. The summed E-state index contributed by atoms with van der Waals surface area (Å²) < 4.78 is 22.2. The average molecular weight is 1060 g/mol. The summed E-state index contributed by atoms with van der Waals surface area (Å²) in [5.41, 5.74) is 0.216. The van der Waals surface area contributed by atoms with Gasteiger partial charge in [-0.15, -0.1) is 0 Å². The average Bonchev–Trinajstić information content (AvgIpc) is 3.67. The van der Waals surface area contributed by atoms with Crippen LogP contribution in [-0.4, -0.2) is 72.6 Å². The zero-order valence-corrected chi connectivity index (χ0v) is 48.3. The lowest BCUT2D eigenvalue weighted by Crippen LogP contribution is -2.56. The van der Waals surface area contributed by atoms with E-state index < -0.39 is 59.4 Å². The summed E-state index contributed by atoms with van der Waals surface area (Å²) in [6.45, 7) is 9.82. The fourth-order valence-corrected chi connectivity index (χ4v) is 13.5. The van der Waals surface area contributed by atoms with E-state index in [2.05, 4.69) is 58.9 Å². The fraction of sp³-hybridized carbons (Fsp3) is 0.785. The second kappa shape index (κ2) is 36.3. The molecule has 0 saturated heterocycles. The van der Waals surface area contributed by atoms with Crippen molar-refractivity contribution >= 4 is 35.4 Å². The molecule has 0 heterocycles. The summed E-state index contributed by atoms with van der Waals surface area (Å²) in [5, 5.41) is 11.8. The van der Waals surface area contributed by atoms with E-state index >= 15 is 0 Å². The van der Waals surface area contributed by atoms with Gasteiger partial charge < -0.3 is 24.1 Å². The largest absolute Gasteiger partial charge is 0.462 e. The fourth-order valence-electron chi connectivity index (χ4n) is 13.5. The van der Waals surface area contributed by atoms with Crippen molar-refractivity contribution in [3.8, 4) is 0 Å². The molecule has 0 aromatic rings. The Hall–Kier alpha value is -3.86. The smallest absolute Gasteiger partial charge is 0.306 e. The first-order valence-electron chi connectivity index (χ1n) is 30.8. The third kappa shape index (κ3) is 22.5. The number of Topliss-reactive ketones (excluding diaryl/α,β-unsaturated/α-hetero) is 1. The van der Waals surface area contributed by atoms with E-state index in [0.29, 0.717) is 19.3 Å². The van der Waals surface area contributed by atoms with Crippen molar-refractivity contribution in [1.82, 2.24) is 0 Å². The first-order chi connectivity index (χ1) is 36.7. The van der Waals surface area contributed by atoms with E-state index in [1.54, 1.807) is 12.2 Å². The molecule has 11 nitrogen and oxygen atoms in total. The van der Waals surface area contributed by atoms with Gasteiger partial charge in [0.15, 0.2) is 17.7 Å². The summed E-state index contributed by atoms with van der Waals surface area (Å²) in [4.78, 5) is 77.8. The lowest BCUT2D eigenvalue weighted by Gasteiger charge is -2.58. The van der Waals surface area contributed by atoms with Gasteiger partial charge in [0, 0.05) is 30.1 Å². The van der Waals surface area contributed by atoms with Crippen molar-refractivity contribution in [1.29, 1.82) is 0 Å². The van der Waals surface area contributed by atoms with Gasteiger partial charge in [-0.2, -0.15) is 0 Å². The van der Waals surface area contributed by atoms with Crippen LogP contribution in [0.3, 0.4) is 0 Å². The lowest BCUT2D eigenvalue weighted by atomic mass is 9.46. The Morgan fingerprint density at radius 3 is 1.62 bits per heavy atom. The highest BCUT2D eigenvalue weighted by molar-refractivity contribution is 6.01. The number of aliphatic hydroxyl groups is 1. The number of rotatable bonds is 41. The van der Waals surface area contributed by atoms with Gasteiger partial charge in [-0.1, -0.05) is 173 Å². The molecule has 0 spiro atoms. The Morgan fingerprint density at radius 2 is 1.09 bits per heavy atom. The number of fused-ring (bicyclic) bond motifs is 5. The van der Waals surface area contributed by atoms with Crippen molar-refractivity contribution in [3.05, 3.63) is 48.1 Å². The number of hydrogen-bond donors (Lipinski definition) is 1. The van der Waals surface area contributed by atoms with Crippen LogP contribution >= 0.6 is 0 Å². The molecular formula is C65H104O11. The van der Waals surface area contributed by atoms with Crippen LogP contribution in [0.2, 0.25) is 0 Å². The molecule has 0 amide bonds. The van der Waals surface area contributed by atoms with Gasteiger partial charge in [-0.3, -0.25) is 28.8 Å². The van der Waals surface area contributed by atoms with E-state index in [1.807, 2.05) is 6.08 Å². The SMILES string of the molecule is CCCCCCCC/C=C\CCCCCCCC(=O)OCC(COC(=O)CCC(=O)OCC(=O)C1[C@H](C)CC2C3CCC4=CC(=O)C=CC4(C)C3C(O)CC21C)OC(=O)CCCCCCC/C=C\CCCCCCCC. The Bertz CT molecular complexity index is 1880. The van der Waals surface area contributed by atoms with Crippen LogP contribution in [0.4, 0.5) is 0 Å². The van der Waals surface area contributed by atoms with Crippen LogP contribution in [0, 0.1) is 40.4 Å². The lowest BCUT2D eigenvalue weighted by molar-refractivity contribution is -0.167. The van der Waals surface area contributed by atoms with Crippen molar-refractivity contribution < 1.29 is 52.8 Å². The third-order valence-corrected chi connectivity index (χ3v) is 17.5. The summed E-state index contributed by atoms with van der Waals surface area (Å²) in [5.74, 6) is -2.44. The van der Waals surface area contributed by atoms with Gasteiger partial charge in [0.25, 0.3) is 0 Å². The van der Waals surface area contributed by atoms with Crippen molar-refractivity contribution in [2.75, 3.05) is 19.8 Å². The normalized spacial score (nSPS) is 25.2. The quantitative estimate of drug-likeness (QED) is 0.0269. The molecule has 11 heteroatoms. The molecule has 8 unspecified atom stereocenters. The maximum absolute atomic E-state index is 13.9. The highest BCUT2D eigenvalue weighted by atomic mass is 16.6. The first kappa shape index (κ1) is 64.7. The maximum atomic E-state index is 13.9.